The second kappa shape index (κ2) is 4.45. The first-order valence-corrected chi connectivity index (χ1v) is 4.40. The van der Waals surface area contributed by atoms with E-state index >= 15 is 0 Å². The number of hydrogen-bond donors (Lipinski definition) is 4. The van der Waals surface area contributed by atoms with Crippen molar-refractivity contribution in [3.8, 4) is 0 Å². The van der Waals surface area contributed by atoms with Gasteiger partial charge in [-0.05, 0) is 6.92 Å². The summed E-state index contributed by atoms with van der Waals surface area (Å²) in [5, 5.41) is 16.9. The van der Waals surface area contributed by atoms with E-state index in [1.54, 1.807) is 0 Å². The molecule has 0 aliphatic rings. The second-order valence-corrected chi connectivity index (χ2v) is 4.14. The van der Waals surface area contributed by atoms with Crippen molar-refractivity contribution in [2.75, 3.05) is 5.75 Å². The molecule has 0 saturated heterocycles. The van der Waals surface area contributed by atoms with Crippen LogP contribution >= 0.6 is 11.8 Å². The monoisotopic (exact) mass is 208 g/mol. The maximum atomic E-state index is 10.5. The van der Waals surface area contributed by atoms with Crippen molar-refractivity contribution in [3.05, 3.63) is 0 Å². The van der Waals surface area contributed by atoms with Gasteiger partial charge in [-0.15, -0.1) is 11.8 Å². The number of nitrogens with two attached hydrogens (primary N) is 2. The number of carboxylic acid groups (broad SMARTS) is 2. The smallest absolute Gasteiger partial charge is 0.333 e. The van der Waals surface area contributed by atoms with E-state index in [1.165, 1.54) is 6.92 Å². The van der Waals surface area contributed by atoms with Gasteiger partial charge in [0.25, 0.3) is 0 Å². The van der Waals surface area contributed by atoms with Crippen LogP contribution in [0.5, 0.6) is 0 Å². The van der Waals surface area contributed by atoms with E-state index in [1.807, 2.05) is 0 Å². The van der Waals surface area contributed by atoms with Crippen molar-refractivity contribution in [3.63, 3.8) is 0 Å². The van der Waals surface area contributed by atoms with Crippen LogP contribution in [0.4, 0.5) is 0 Å². The number of carbonyl (C=O) groups is 2. The zero-order valence-electron chi connectivity index (χ0n) is 7.06. The van der Waals surface area contributed by atoms with Crippen molar-refractivity contribution in [1.82, 2.24) is 0 Å². The van der Waals surface area contributed by atoms with Gasteiger partial charge in [-0.25, -0.2) is 4.79 Å². The van der Waals surface area contributed by atoms with Gasteiger partial charge >= 0.3 is 11.9 Å². The topological polar surface area (TPSA) is 127 Å². The summed E-state index contributed by atoms with van der Waals surface area (Å²) in [6.45, 7) is 1.29. The van der Waals surface area contributed by atoms with Crippen LogP contribution in [0, 0.1) is 0 Å². The van der Waals surface area contributed by atoms with Gasteiger partial charge in [0.15, 0.2) is 4.87 Å². The molecule has 0 radical (unpaired) electrons. The third kappa shape index (κ3) is 4.11. The van der Waals surface area contributed by atoms with Gasteiger partial charge < -0.3 is 21.7 Å². The van der Waals surface area contributed by atoms with Gasteiger partial charge in [0.1, 0.15) is 6.04 Å². The summed E-state index contributed by atoms with van der Waals surface area (Å²) >= 11 is 0.796. The third-order valence-electron chi connectivity index (χ3n) is 1.30. The molecule has 0 spiro atoms. The van der Waals surface area contributed by atoms with E-state index in [9.17, 15) is 9.59 Å². The van der Waals surface area contributed by atoms with Crippen molar-refractivity contribution in [1.29, 1.82) is 0 Å². The summed E-state index contributed by atoms with van der Waals surface area (Å²) in [6, 6.07) is -1.09. The zero-order chi connectivity index (χ0) is 10.6. The molecule has 0 aliphatic heterocycles. The summed E-state index contributed by atoms with van der Waals surface area (Å²) in [6.07, 6.45) is 0. The highest BCUT2D eigenvalue weighted by Crippen LogP contribution is 2.19. The largest absolute Gasteiger partial charge is 0.480 e. The Hall–Kier alpha value is -0.790. The maximum absolute atomic E-state index is 10.5. The molecule has 6 nitrogen and oxygen atoms in total. The molecule has 76 valence electrons. The van der Waals surface area contributed by atoms with E-state index in [-0.39, 0.29) is 5.75 Å². The summed E-state index contributed by atoms with van der Waals surface area (Å²) < 4.78 is 0. The van der Waals surface area contributed by atoms with Gasteiger partial charge in [0.2, 0.25) is 0 Å². The molecule has 0 aromatic heterocycles. The van der Waals surface area contributed by atoms with Crippen LogP contribution in [0.25, 0.3) is 0 Å². The summed E-state index contributed by atoms with van der Waals surface area (Å²) in [4.78, 5) is 19.2. The third-order valence-corrected chi connectivity index (χ3v) is 2.60. The fraction of sp³-hybridized carbons (Fsp3) is 0.667. The van der Waals surface area contributed by atoms with Gasteiger partial charge in [-0.3, -0.25) is 4.79 Å². The minimum absolute atomic E-state index is 0.0331. The maximum Gasteiger partial charge on any atom is 0.333 e. The van der Waals surface area contributed by atoms with Gasteiger partial charge in [0.05, 0.1) is 0 Å². The molecule has 13 heavy (non-hydrogen) atoms. The Labute approximate surface area is 79.3 Å². The molecule has 0 amide bonds. The molecule has 0 aromatic carbocycles. The molecule has 0 aliphatic carbocycles. The van der Waals surface area contributed by atoms with Crippen LogP contribution in [0.1, 0.15) is 6.92 Å². The lowest BCUT2D eigenvalue weighted by atomic mass is 10.4. The molecule has 0 saturated carbocycles. The summed E-state index contributed by atoms with van der Waals surface area (Å²) in [5.41, 5.74) is 10.5. The predicted octanol–water partition coefficient (Wildman–Crippen LogP) is -1.11. The first-order valence-electron chi connectivity index (χ1n) is 3.42. The second-order valence-electron chi connectivity index (χ2n) is 2.67. The molecule has 0 aromatic rings. The average Bonchev–Trinajstić information content (AvgIpc) is 1.99. The Morgan fingerprint density at radius 1 is 1.54 bits per heavy atom. The Kier molecular flexibility index (Phi) is 4.18. The lowest BCUT2D eigenvalue weighted by molar-refractivity contribution is -0.140. The van der Waals surface area contributed by atoms with Crippen LogP contribution in [0.3, 0.4) is 0 Å². The zero-order valence-corrected chi connectivity index (χ0v) is 7.87. The number of thioether (sulfide) groups is 1. The fourth-order valence-corrected chi connectivity index (χ4v) is 1.19. The lowest BCUT2D eigenvalue weighted by Crippen LogP contribution is -2.44. The molecule has 6 N–H and O–H groups in total. The Bertz CT molecular complexity index is 219. The number of carboxylic acids is 2. The Morgan fingerprint density at radius 3 is 2.31 bits per heavy atom. The molecule has 2 atom stereocenters. The van der Waals surface area contributed by atoms with Crippen LogP contribution in [0.2, 0.25) is 0 Å². The van der Waals surface area contributed by atoms with E-state index in [0.717, 1.165) is 11.8 Å². The molecule has 7 heteroatoms. The molecule has 0 bridgehead atoms. The van der Waals surface area contributed by atoms with E-state index in [4.69, 9.17) is 21.7 Å². The molecule has 0 heterocycles. The Balaban J connectivity index is 4.02. The molecule has 0 fully saturated rings. The molecular weight excluding hydrogens is 196 g/mol. The highest BCUT2D eigenvalue weighted by Gasteiger charge is 2.29. The van der Waals surface area contributed by atoms with Crippen LogP contribution in [0.15, 0.2) is 0 Å². The first-order chi connectivity index (χ1) is 5.77. The summed E-state index contributed by atoms with van der Waals surface area (Å²) in [5.74, 6) is -2.40. The normalized spacial score (nSPS) is 17.5. The van der Waals surface area contributed by atoms with E-state index in [0.29, 0.717) is 0 Å². The highest BCUT2D eigenvalue weighted by molar-refractivity contribution is 8.01. The first kappa shape index (κ1) is 12.2. The lowest BCUT2D eigenvalue weighted by Gasteiger charge is -2.19. The van der Waals surface area contributed by atoms with Gasteiger partial charge in [-0.2, -0.15) is 0 Å². The van der Waals surface area contributed by atoms with Crippen molar-refractivity contribution in [2.24, 2.45) is 11.5 Å². The van der Waals surface area contributed by atoms with Gasteiger partial charge in [0, 0.05) is 5.75 Å². The fourth-order valence-electron chi connectivity index (χ4n) is 0.396. The Morgan fingerprint density at radius 2 is 2.00 bits per heavy atom. The SMILES string of the molecule is CC(N)(SC[C@H](N)C(=O)O)C(=O)O. The van der Waals surface area contributed by atoms with E-state index in [2.05, 4.69) is 0 Å². The molecular formula is C6H12N2O4S. The number of rotatable bonds is 5. The minimum atomic E-state index is -1.49. The average molecular weight is 208 g/mol. The minimum Gasteiger partial charge on any atom is -0.480 e. The quantitative estimate of drug-likeness (QED) is 0.422. The van der Waals surface area contributed by atoms with Crippen LogP contribution in [-0.4, -0.2) is 38.8 Å². The highest BCUT2D eigenvalue weighted by atomic mass is 32.2. The molecule has 0 rings (SSSR count). The van der Waals surface area contributed by atoms with E-state index < -0.39 is 22.9 Å². The number of aliphatic carboxylic acids is 2. The standard InChI is InChI=1S/C6H12N2O4S/c1-6(8,5(11)12)13-2-3(7)4(9)10/h3H,2,7-8H2,1H3,(H,9,10)(H,11,12)/t3-,6?/m0/s1. The molecule has 1 unspecified atom stereocenters. The van der Waals surface area contributed by atoms with Crippen LogP contribution in [-0.2, 0) is 9.59 Å². The van der Waals surface area contributed by atoms with Crippen LogP contribution < -0.4 is 11.5 Å². The van der Waals surface area contributed by atoms with Crippen molar-refractivity contribution < 1.29 is 19.8 Å². The number of hydrogen-bond acceptors (Lipinski definition) is 5. The summed E-state index contributed by atoms with van der Waals surface area (Å²) in [7, 11) is 0. The predicted molar refractivity (Wildman–Crippen MR) is 48.3 cm³/mol. The van der Waals surface area contributed by atoms with Gasteiger partial charge in [-0.1, -0.05) is 0 Å². The van der Waals surface area contributed by atoms with Crippen molar-refractivity contribution >= 4 is 23.7 Å². The van der Waals surface area contributed by atoms with Crippen molar-refractivity contribution in [2.45, 2.75) is 17.8 Å².